The van der Waals surface area contributed by atoms with E-state index < -0.39 is 0 Å². The van der Waals surface area contributed by atoms with Crippen LogP contribution in [0.25, 0.3) is 0 Å². The zero-order valence-corrected chi connectivity index (χ0v) is 10.5. The van der Waals surface area contributed by atoms with Crippen molar-refractivity contribution in [2.24, 2.45) is 0 Å². The topological polar surface area (TPSA) is 38.3 Å². The van der Waals surface area contributed by atoms with Gasteiger partial charge in [-0.2, -0.15) is 0 Å². The number of carbonyl (C=O) groups excluding carboxylic acids is 1. The second-order valence-corrected chi connectivity index (χ2v) is 4.98. The zero-order chi connectivity index (χ0) is 12.2. The lowest BCUT2D eigenvalue weighted by Crippen LogP contribution is -2.34. The van der Waals surface area contributed by atoms with Gasteiger partial charge in [-0.1, -0.05) is 23.7 Å². The molecular weight excluding hydrogens is 226 g/mol. The van der Waals surface area contributed by atoms with Crippen molar-refractivity contribution in [1.82, 2.24) is 5.48 Å². The van der Waals surface area contributed by atoms with Gasteiger partial charge in [-0.05, 0) is 38.5 Å². The number of carbonyl (C=O) groups is 1. The van der Waals surface area contributed by atoms with Crippen LogP contribution in [0.5, 0.6) is 0 Å². The Balaban J connectivity index is 2.43. The standard InChI is InChI=1S/C12H16ClNO2/c1-12(2,3)16-14-11(15)8-9-4-6-10(13)7-5-9/h4-7H,8H2,1-3H3,(H,14,15). The molecular formula is C12H16ClNO2. The molecule has 4 heteroatoms. The molecule has 0 heterocycles. The van der Waals surface area contributed by atoms with Crippen LogP contribution in [-0.4, -0.2) is 11.5 Å². The molecule has 0 radical (unpaired) electrons. The first-order valence-electron chi connectivity index (χ1n) is 5.08. The summed E-state index contributed by atoms with van der Waals surface area (Å²) in [6, 6.07) is 7.15. The maximum atomic E-state index is 11.5. The van der Waals surface area contributed by atoms with Crippen LogP contribution < -0.4 is 5.48 Å². The van der Waals surface area contributed by atoms with E-state index in [4.69, 9.17) is 16.4 Å². The number of amides is 1. The Morgan fingerprint density at radius 2 is 1.88 bits per heavy atom. The van der Waals surface area contributed by atoms with Crippen LogP contribution >= 0.6 is 11.6 Å². The van der Waals surface area contributed by atoms with E-state index in [0.717, 1.165) is 5.56 Å². The first-order valence-corrected chi connectivity index (χ1v) is 5.46. The lowest BCUT2D eigenvalue weighted by molar-refractivity contribution is -0.144. The number of halogens is 1. The van der Waals surface area contributed by atoms with E-state index >= 15 is 0 Å². The van der Waals surface area contributed by atoms with Crippen molar-refractivity contribution >= 4 is 17.5 Å². The minimum absolute atomic E-state index is 0.169. The van der Waals surface area contributed by atoms with Crippen molar-refractivity contribution in [1.29, 1.82) is 0 Å². The number of rotatable bonds is 3. The molecule has 0 bridgehead atoms. The van der Waals surface area contributed by atoms with Crippen molar-refractivity contribution in [3.8, 4) is 0 Å². The summed E-state index contributed by atoms with van der Waals surface area (Å²) >= 11 is 5.74. The van der Waals surface area contributed by atoms with Crippen LogP contribution in [0.2, 0.25) is 5.02 Å². The van der Waals surface area contributed by atoms with Gasteiger partial charge in [0.05, 0.1) is 12.0 Å². The molecule has 0 saturated carbocycles. The van der Waals surface area contributed by atoms with Crippen LogP contribution in [0.3, 0.4) is 0 Å². The number of hydrogen-bond acceptors (Lipinski definition) is 2. The molecule has 88 valence electrons. The highest BCUT2D eigenvalue weighted by atomic mass is 35.5. The van der Waals surface area contributed by atoms with Crippen molar-refractivity contribution in [3.05, 3.63) is 34.9 Å². The molecule has 0 aromatic heterocycles. The third kappa shape index (κ3) is 5.14. The molecule has 0 aliphatic heterocycles. The molecule has 1 rings (SSSR count). The van der Waals surface area contributed by atoms with Crippen LogP contribution in [-0.2, 0) is 16.1 Å². The van der Waals surface area contributed by atoms with Crippen molar-refractivity contribution < 1.29 is 9.63 Å². The van der Waals surface area contributed by atoms with Crippen molar-refractivity contribution in [3.63, 3.8) is 0 Å². The second-order valence-electron chi connectivity index (χ2n) is 4.54. The maximum absolute atomic E-state index is 11.5. The quantitative estimate of drug-likeness (QED) is 0.827. The Labute approximate surface area is 101 Å². The van der Waals surface area contributed by atoms with Gasteiger partial charge in [0.2, 0.25) is 5.91 Å². The Morgan fingerprint density at radius 1 is 1.31 bits per heavy atom. The van der Waals surface area contributed by atoms with Crippen LogP contribution in [0.15, 0.2) is 24.3 Å². The van der Waals surface area contributed by atoms with E-state index in [2.05, 4.69) is 5.48 Å². The molecule has 0 saturated heterocycles. The molecule has 3 nitrogen and oxygen atoms in total. The lowest BCUT2D eigenvalue weighted by Gasteiger charge is -2.18. The van der Waals surface area contributed by atoms with E-state index in [1.54, 1.807) is 12.1 Å². The monoisotopic (exact) mass is 241 g/mol. The smallest absolute Gasteiger partial charge is 0.247 e. The van der Waals surface area contributed by atoms with Gasteiger partial charge in [-0.25, -0.2) is 5.48 Å². The van der Waals surface area contributed by atoms with E-state index in [-0.39, 0.29) is 17.9 Å². The molecule has 0 spiro atoms. The van der Waals surface area contributed by atoms with Crippen LogP contribution in [0, 0.1) is 0 Å². The summed E-state index contributed by atoms with van der Waals surface area (Å²) in [7, 11) is 0. The highest BCUT2D eigenvalue weighted by Crippen LogP contribution is 2.10. The van der Waals surface area contributed by atoms with E-state index in [9.17, 15) is 4.79 Å². The second kappa shape index (κ2) is 5.32. The number of benzene rings is 1. The predicted octanol–water partition coefficient (Wildman–Crippen LogP) is 2.73. The number of nitrogens with one attached hydrogen (secondary N) is 1. The third-order valence-corrected chi connectivity index (χ3v) is 2.00. The Morgan fingerprint density at radius 3 is 2.38 bits per heavy atom. The van der Waals surface area contributed by atoms with Gasteiger partial charge in [0, 0.05) is 5.02 Å². The Hall–Kier alpha value is -1.06. The van der Waals surface area contributed by atoms with Crippen LogP contribution in [0.1, 0.15) is 26.3 Å². The van der Waals surface area contributed by atoms with Crippen molar-refractivity contribution in [2.75, 3.05) is 0 Å². The molecule has 0 unspecified atom stereocenters. The largest absolute Gasteiger partial charge is 0.272 e. The Kier molecular flexibility index (Phi) is 4.33. The number of hydroxylamine groups is 1. The predicted molar refractivity (Wildman–Crippen MR) is 64.1 cm³/mol. The highest BCUT2D eigenvalue weighted by molar-refractivity contribution is 6.30. The molecule has 1 aromatic rings. The number of hydrogen-bond donors (Lipinski definition) is 1. The molecule has 0 aliphatic carbocycles. The molecule has 0 fully saturated rings. The van der Waals surface area contributed by atoms with E-state index in [0.29, 0.717) is 5.02 Å². The van der Waals surface area contributed by atoms with Gasteiger partial charge in [-0.15, -0.1) is 0 Å². The fraction of sp³-hybridized carbons (Fsp3) is 0.417. The summed E-state index contributed by atoms with van der Waals surface area (Å²) in [6.45, 7) is 5.61. The minimum Gasteiger partial charge on any atom is -0.272 e. The summed E-state index contributed by atoms with van der Waals surface area (Å²) in [4.78, 5) is 16.6. The van der Waals surface area contributed by atoms with Gasteiger partial charge >= 0.3 is 0 Å². The fourth-order valence-electron chi connectivity index (χ4n) is 1.03. The minimum atomic E-state index is -0.379. The summed E-state index contributed by atoms with van der Waals surface area (Å²) in [5.74, 6) is -0.169. The Bertz CT molecular complexity index is 354. The van der Waals surface area contributed by atoms with Gasteiger partial charge in [0.1, 0.15) is 0 Å². The third-order valence-electron chi connectivity index (χ3n) is 1.75. The molecule has 1 aromatic carbocycles. The fourth-order valence-corrected chi connectivity index (χ4v) is 1.16. The SMILES string of the molecule is CC(C)(C)ONC(=O)Cc1ccc(Cl)cc1. The van der Waals surface area contributed by atoms with Gasteiger partial charge in [0.15, 0.2) is 0 Å². The average molecular weight is 242 g/mol. The van der Waals surface area contributed by atoms with Gasteiger partial charge in [-0.3, -0.25) is 9.63 Å². The summed E-state index contributed by atoms with van der Waals surface area (Å²) in [5, 5.41) is 0.662. The molecule has 1 amide bonds. The molecule has 0 atom stereocenters. The maximum Gasteiger partial charge on any atom is 0.247 e. The normalized spacial score (nSPS) is 11.2. The average Bonchev–Trinajstić information content (AvgIpc) is 2.18. The van der Waals surface area contributed by atoms with Gasteiger partial charge < -0.3 is 0 Å². The molecule has 1 N–H and O–H groups in total. The molecule has 0 aliphatic rings. The zero-order valence-electron chi connectivity index (χ0n) is 9.71. The lowest BCUT2D eigenvalue weighted by atomic mass is 10.1. The molecule has 16 heavy (non-hydrogen) atoms. The first kappa shape index (κ1) is 13.0. The van der Waals surface area contributed by atoms with Crippen molar-refractivity contribution in [2.45, 2.75) is 32.8 Å². The first-order chi connectivity index (χ1) is 7.37. The van der Waals surface area contributed by atoms with E-state index in [1.165, 1.54) is 0 Å². The summed E-state index contributed by atoms with van der Waals surface area (Å²) in [5.41, 5.74) is 2.94. The van der Waals surface area contributed by atoms with Crippen LogP contribution in [0.4, 0.5) is 0 Å². The summed E-state index contributed by atoms with van der Waals surface area (Å²) in [6.07, 6.45) is 0.285. The highest BCUT2D eigenvalue weighted by Gasteiger charge is 2.12. The van der Waals surface area contributed by atoms with E-state index in [1.807, 2.05) is 32.9 Å². The van der Waals surface area contributed by atoms with Gasteiger partial charge in [0.25, 0.3) is 0 Å². The summed E-state index contributed by atoms with van der Waals surface area (Å²) < 4.78 is 0.